The SMILES string of the molecule is CN(C)CCOc1ccc(CNC(=O)OC(C)(C)C)cc1. The van der Waals surface area contributed by atoms with Gasteiger partial charge < -0.3 is 19.7 Å². The van der Waals surface area contributed by atoms with Crippen molar-refractivity contribution in [1.29, 1.82) is 0 Å². The lowest BCUT2D eigenvalue weighted by molar-refractivity contribution is 0.0523. The first kappa shape index (κ1) is 17.3. The van der Waals surface area contributed by atoms with Crippen molar-refractivity contribution in [2.45, 2.75) is 32.9 Å². The average Bonchev–Trinajstić information content (AvgIpc) is 2.35. The minimum Gasteiger partial charge on any atom is -0.492 e. The molecule has 1 amide bonds. The Morgan fingerprint density at radius 3 is 2.33 bits per heavy atom. The van der Waals surface area contributed by atoms with Crippen LogP contribution in [0.5, 0.6) is 5.75 Å². The monoisotopic (exact) mass is 294 g/mol. The number of carbonyl (C=O) groups excluding carboxylic acids is 1. The molecule has 0 atom stereocenters. The van der Waals surface area contributed by atoms with E-state index >= 15 is 0 Å². The molecule has 0 aliphatic rings. The van der Waals surface area contributed by atoms with Gasteiger partial charge in [-0.1, -0.05) is 12.1 Å². The van der Waals surface area contributed by atoms with Gasteiger partial charge in [-0.05, 0) is 52.6 Å². The van der Waals surface area contributed by atoms with Crippen LogP contribution in [0.25, 0.3) is 0 Å². The van der Waals surface area contributed by atoms with E-state index in [2.05, 4.69) is 10.2 Å². The number of hydrogen-bond acceptors (Lipinski definition) is 4. The summed E-state index contributed by atoms with van der Waals surface area (Å²) in [4.78, 5) is 13.6. The van der Waals surface area contributed by atoms with Crippen molar-refractivity contribution in [3.05, 3.63) is 29.8 Å². The molecule has 118 valence electrons. The second-order valence-corrected chi connectivity index (χ2v) is 6.15. The van der Waals surface area contributed by atoms with E-state index in [0.29, 0.717) is 13.2 Å². The fourth-order valence-corrected chi connectivity index (χ4v) is 1.54. The third kappa shape index (κ3) is 8.19. The molecular weight excluding hydrogens is 268 g/mol. The summed E-state index contributed by atoms with van der Waals surface area (Å²) in [5, 5.41) is 2.72. The minimum absolute atomic E-state index is 0.409. The minimum atomic E-state index is -0.478. The van der Waals surface area contributed by atoms with E-state index in [1.54, 1.807) is 0 Å². The van der Waals surface area contributed by atoms with Gasteiger partial charge in [0.1, 0.15) is 18.0 Å². The number of nitrogens with zero attached hydrogens (tertiary/aromatic N) is 1. The van der Waals surface area contributed by atoms with Gasteiger partial charge >= 0.3 is 6.09 Å². The Labute approximate surface area is 127 Å². The number of benzene rings is 1. The van der Waals surface area contributed by atoms with Crippen LogP contribution in [-0.4, -0.2) is 43.8 Å². The zero-order valence-corrected chi connectivity index (χ0v) is 13.6. The van der Waals surface area contributed by atoms with Crippen molar-refractivity contribution in [2.75, 3.05) is 27.2 Å². The molecule has 0 aromatic heterocycles. The summed E-state index contributed by atoms with van der Waals surface area (Å²) >= 11 is 0. The van der Waals surface area contributed by atoms with Crippen LogP contribution < -0.4 is 10.1 Å². The van der Waals surface area contributed by atoms with E-state index in [1.807, 2.05) is 59.1 Å². The van der Waals surface area contributed by atoms with Crippen molar-refractivity contribution in [3.8, 4) is 5.75 Å². The maximum Gasteiger partial charge on any atom is 0.407 e. The predicted molar refractivity (Wildman–Crippen MR) is 83.6 cm³/mol. The van der Waals surface area contributed by atoms with Crippen LogP contribution in [0.4, 0.5) is 4.79 Å². The van der Waals surface area contributed by atoms with Crippen LogP contribution in [0.15, 0.2) is 24.3 Å². The molecule has 1 N–H and O–H groups in total. The number of likely N-dealkylation sites (N-methyl/N-ethyl adjacent to an activating group) is 1. The summed E-state index contributed by atoms with van der Waals surface area (Å²) in [6, 6.07) is 7.67. The summed E-state index contributed by atoms with van der Waals surface area (Å²) in [5.41, 5.74) is 0.523. The number of hydrogen-bond donors (Lipinski definition) is 1. The molecule has 1 rings (SSSR count). The van der Waals surface area contributed by atoms with Gasteiger partial charge in [-0.3, -0.25) is 0 Å². The van der Waals surface area contributed by atoms with Crippen molar-refractivity contribution >= 4 is 6.09 Å². The van der Waals surface area contributed by atoms with Crippen LogP contribution in [0, 0.1) is 0 Å². The Hall–Kier alpha value is -1.75. The quantitative estimate of drug-likeness (QED) is 0.876. The topological polar surface area (TPSA) is 50.8 Å². The van der Waals surface area contributed by atoms with Gasteiger partial charge in [-0.2, -0.15) is 0 Å². The zero-order chi connectivity index (χ0) is 15.9. The third-order valence-corrected chi connectivity index (χ3v) is 2.57. The summed E-state index contributed by atoms with van der Waals surface area (Å²) in [6.07, 6.45) is -0.409. The fraction of sp³-hybridized carbons (Fsp3) is 0.562. The molecule has 0 aliphatic carbocycles. The van der Waals surface area contributed by atoms with Gasteiger partial charge in [0, 0.05) is 13.1 Å². The van der Waals surface area contributed by atoms with Crippen molar-refractivity contribution in [2.24, 2.45) is 0 Å². The molecule has 0 saturated heterocycles. The van der Waals surface area contributed by atoms with E-state index in [1.165, 1.54) is 0 Å². The number of nitrogens with one attached hydrogen (secondary N) is 1. The highest BCUT2D eigenvalue weighted by atomic mass is 16.6. The lowest BCUT2D eigenvalue weighted by Crippen LogP contribution is -2.32. The lowest BCUT2D eigenvalue weighted by Gasteiger charge is -2.19. The second-order valence-electron chi connectivity index (χ2n) is 6.15. The molecule has 5 nitrogen and oxygen atoms in total. The molecule has 0 heterocycles. The summed E-state index contributed by atoms with van der Waals surface area (Å²) < 4.78 is 10.8. The Bertz CT molecular complexity index is 436. The Morgan fingerprint density at radius 2 is 1.81 bits per heavy atom. The number of carbonyl (C=O) groups is 1. The van der Waals surface area contributed by atoms with Crippen molar-refractivity contribution < 1.29 is 14.3 Å². The highest BCUT2D eigenvalue weighted by Crippen LogP contribution is 2.12. The van der Waals surface area contributed by atoms with Gasteiger partial charge in [-0.15, -0.1) is 0 Å². The number of amides is 1. The van der Waals surface area contributed by atoms with E-state index in [9.17, 15) is 4.79 Å². The zero-order valence-electron chi connectivity index (χ0n) is 13.6. The van der Waals surface area contributed by atoms with Gasteiger partial charge in [0.25, 0.3) is 0 Å². The molecule has 5 heteroatoms. The lowest BCUT2D eigenvalue weighted by atomic mass is 10.2. The first-order chi connectivity index (χ1) is 9.76. The molecular formula is C16H26N2O3. The van der Waals surface area contributed by atoms with Gasteiger partial charge in [0.2, 0.25) is 0 Å². The van der Waals surface area contributed by atoms with E-state index in [-0.39, 0.29) is 0 Å². The molecule has 0 spiro atoms. The molecule has 0 saturated carbocycles. The maximum absolute atomic E-state index is 11.5. The standard InChI is InChI=1S/C16H26N2O3/c1-16(2,3)21-15(19)17-12-13-6-8-14(9-7-13)20-11-10-18(4)5/h6-9H,10-12H2,1-5H3,(H,17,19). The fourth-order valence-electron chi connectivity index (χ4n) is 1.54. The number of ether oxygens (including phenoxy) is 2. The predicted octanol–water partition coefficient (Wildman–Crippen LogP) is 2.65. The largest absolute Gasteiger partial charge is 0.492 e. The van der Waals surface area contributed by atoms with E-state index in [4.69, 9.17) is 9.47 Å². The molecule has 0 unspecified atom stereocenters. The molecule has 0 radical (unpaired) electrons. The molecule has 0 aliphatic heterocycles. The molecule has 0 bridgehead atoms. The first-order valence-electron chi connectivity index (χ1n) is 7.09. The highest BCUT2D eigenvalue weighted by molar-refractivity contribution is 5.67. The second kappa shape index (κ2) is 7.88. The van der Waals surface area contributed by atoms with E-state index in [0.717, 1.165) is 17.9 Å². The van der Waals surface area contributed by atoms with E-state index < -0.39 is 11.7 Å². The van der Waals surface area contributed by atoms with Gasteiger partial charge in [0.05, 0.1) is 0 Å². The number of alkyl carbamates (subject to hydrolysis) is 1. The van der Waals surface area contributed by atoms with Gasteiger partial charge in [0.15, 0.2) is 0 Å². The van der Waals surface area contributed by atoms with Crippen LogP contribution in [0.2, 0.25) is 0 Å². The number of rotatable bonds is 6. The van der Waals surface area contributed by atoms with Crippen molar-refractivity contribution in [3.63, 3.8) is 0 Å². The van der Waals surface area contributed by atoms with Crippen LogP contribution in [0.1, 0.15) is 26.3 Å². The summed E-state index contributed by atoms with van der Waals surface area (Å²) in [5.74, 6) is 0.831. The smallest absolute Gasteiger partial charge is 0.407 e. The van der Waals surface area contributed by atoms with Gasteiger partial charge in [-0.25, -0.2) is 4.79 Å². The Balaban J connectivity index is 2.35. The normalized spacial score (nSPS) is 11.3. The molecule has 21 heavy (non-hydrogen) atoms. The van der Waals surface area contributed by atoms with Crippen LogP contribution in [-0.2, 0) is 11.3 Å². The van der Waals surface area contributed by atoms with Crippen LogP contribution >= 0.6 is 0 Å². The molecule has 1 aromatic rings. The highest BCUT2D eigenvalue weighted by Gasteiger charge is 2.15. The molecule has 1 aromatic carbocycles. The first-order valence-corrected chi connectivity index (χ1v) is 7.09. The third-order valence-electron chi connectivity index (χ3n) is 2.57. The average molecular weight is 294 g/mol. The Morgan fingerprint density at radius 1 is 1.19 bits per heavy atom. The molecule has 0 fully saturated rings. The maximum atomic E-state index is 11.5. The Kier molecular flexibility index (Phi) is 6.49. The summed E-state index contributed by atoms with van der Waals surface area (Å²) in [7, 11) is 4.02. The van der Waals surface area contributed by atoms with Crippen LogP contribution in [0.3, 0.4) is 0 Å². The van der Waals surface area contributed by atoms with Crippen molar-refractivity contribution in [1.82, 2.24) is 10.2 Å². The summed E-state index contributed by atoms with van der Waals surface area (Å²) in [6.45, 7) is 7.49.